The minimum Gasteiger partial charge on any atom is -0.465 e. The molecule has 1 heterocycles. The fourth-order valence-corrected chi connectivity index (χ4v) is 1.21. The van der Waals surface area contributed by atoms with E-state index in [9.17, 15) is 0 Å². The zero-order valence-electron chi connectivity index (χ0n) is 6.38. The Hall–Kier alpha value is -0.0700. The molecule has 0 saturated carbocycles. The maximum Gasteiger partial charge on any atom is 0.188 e. The number of rotatable bonds is 3. The molecule has 1 rings (SSSR count). The first-order valence-corrected chi connectivity index (χ1v) is 4.62. The van der Waals surface area contributed by atoms with Crippen molar-refractivity contribution in [1.29, 1.82) is 0 Å². The minimum absolute atomic E-state index is 0.206. The molecule has 0 aliphatic heterocycles. The van der Waals surface area contributed by atoms with E-state index in [1.165, 1.54) is 0 Å². The van der Waals surface area contributed by atoms with Crippen LogP contribution in [0.4, 0.5) is 0 Å². The first-order chi connectivity index (χ1) is 5.75. The molecule has 0 amide bonds. The van der Waals surface area contributed by atoms with Crippen LogP contribution in [0.25, 0.3) is 0 Å². The Bertz CT molecular complexity index is 270. The van der Waals surface area contributed by atoms with Gasteiger partial charge in [0.25, 0.3) is 0 Å². The summed E-state index contributed by atoms with van der Waals surface area (Å²) in [5.74, 6) is 0.643. The van der Waals surface area contributed by atoms with Crippen molar-refractivity contribution in [2.24, 2.45) is 0 Å². The molecular weight excluding hydrogens is 292 g/mol. The van der Waals surface area contributed by atoms with Gasteiger partial charge in [-0.05, 0) is 22.6 Å². The average molecular weight is 299 g/mol. The predicted octanol–water partition coefficient (Wildman–Crippen LogP) is 2.32. The first kappa shape index (κ1) is 10.0. The van der Waals surface area contributed by atoms with E-state index in [2.05, 4.69) is 27.6 Å². The van der Waals surface area contributed by atoms with Crippen LogP contribution in [-0.4, -0.2) is 18.9 Å². The standard InChI is InChI=1S/C7H7ClINO2/c1-11-4-12-6-3-10-2-5(8)7(6)9/h2-3H,4H2,1H3. The van der Waals surface area contributed by atoms with Crippen molar-refractivity contribution in [2.75, 3.05) is 13.9 Å². The highest BCUT2D eigenvalue weighted by molar-refractivity contribution is 14.1. The van der Waals surface area contributed by atoms with Gasteiger partial charge >= 0.3 is 0 Å². The number of hydrogen-bond donors (Lipinski definition) is 0. The van der Waals surface area contributed by atoms with Crippen molar-refractivity contribution in [2.45, 2.75) is 0 Å². The molecule has 0 saturated heterocycles. The first-order valence-electron chi connectivity index (χ1n) is 3.16. The van der Waals surface area contributed by atoms with Gasteiger partial charge < -0.3 is 9.47 Å². The molecule has 0 aliphatic rings. The van der Waals surface area contributed by atoms with Gasteiger partial charge in [-0.3, -0.25) is 4.98 Å². The lowest BCUT2D eigenvalue weighted by Crippen LogP contribution is -2.00. The Morgan fingerprint density at radius 1 is 1.58 bits per heavy atom. The molecule has 3 nitrogen and oxygen atoms in total. The number of pyridine rings is 1. The molecule has 0 fully saturated rings. The Kier molecular flexibility index (Phi) is 4.03. The van der Waals surface area contributed by atoms with Crippen LogP contribution < -0.4 is 4.74 Å². The Labute approximate surface area is 89.2 Å². The summed E-state index contributed by atoms with van der Waals surface area (Å²) in [6.07, 6.45) is 3.18. The molecule has 12 heavy (non-hydrogen) atoms. The molecule has 0 bridgehead atoms. The van der Waals surface area contributed by atoms with Crippen molar-refractivity contribution in [3.05, 3.63) is 21.0 Å². The summed E-state index contributed by atoms with van der Waals surface area (Å²) in [6, 6.07) is 0. The predicted molar refractivity (Wildman–Crippen MR) is 54.5 cm³/mol. The van der Waals surface area contributed by atoms with Crippen LogP contribution >= 0.6 is 34.2 Å². The fraction of sp³-hybridized carbons (Fsp3) is 0.286. The molecule has 1 aromatic heterocycles. The molecular formula is C7H7ClINO2. The van der Waals surface area contributed by atoms with Crippen LogP contribution in [0.15, 0.2) is 12.4 Å². The lowest BCUT2D eigenvalue weighted by atomic mass is 10.5. The quantitative estimate of drug-likeness (QED) is 0.634. The third kappa shape index (κ3) is 2.46. The van der Waals surface area contributed by atoms with E-state index in [1.807, 2.05) is 0 Å². The summed E-state index contributed by atoms with van der Waals surface area (Å²) in [7, 11) is 1.56. The van der Waals surface area contributed by atoms with Gasteiger partial charge in [0.15, 0.2) is 12.5 Å². The Morgan fingerprint density at radius 3 is 3.00 bits per heavy atom. The number of ether oxygens (including phenoxy) is 2. The number of nitrogens with zero attached hydrogens (tertiary/aromatic N) is 1. The van der Waals surface area contributed by atoms with Crippen molar-refractivity contribution in [1.82, 2.24) is 4.98 Å². The summed E-state index contributed by atoms with van der Waals surface area (Å²) in [5.41, 5.74) is 0. The summed E-state index contributed by atoms with van der Waals surface area (Å²) >= 11 is 7.89. The van der Waals surface area contributed by atoms with Gasteiger partial charge in [0.2, 0.25) is 0 Å². The second-order valence-electron chi connectivity index (χ2n) is 1.98. The zero-order chi connectivity index (χ0) is 8.97. The van der Waals surface area contributed by atoms with E-state index in [4.69, 9.17) is 21.1 Å². The molecule has 0 unspecified atom stereocenters. The molecule has 0 atom stereocenters. The molecule has 0 aromatic carbocycles. The number of halogens is 2. The summed E-state index contributed by atoms with van der Waals surface area (Å²) in [4.78, 5) is 3.88. The van der Waals surface area contributed by atoms with Crippen LogP contribution in [0.2, 0.25) is 5.02 Å². The van der Waals surface area contributed by atoms with Crippen LogP contribution in [0.1, 0.15) is 0 Å². The van der Waals surface area contributed by atoms with Gasteiger partial charge in [0.1, 0.15) is 0 Å². The van der Waals surface area contributed by atoms with E-state index in [-0.39, 0.29) is 6.79 Å². The van der Waals surface area contributed by atoms with E-state index < -0.39 is 0 Å². The molecule has 1 aromatic rings. The van der Waals surface area contributed by atoms with Crippen LogP contribution in [-0.2, 0) is 4.74 Å². The Morgan fingerprint density at radius 2 is 2.33 bits per heavy atom. The molecule has 0 radical (unpaired) electrons. The van der Waals surface area contributed by atoms with Crippen LogP contribution in [0.5, 0.6) is 5.75 Å². The highest BCUT2D eigenvalue weighted by Gasteiger charge is 2.04. The molecule has 5 heteroatoms. The lowest BCUT2D eigenvalue weighted by Gasteiger charge is -2.06. The van der Waals surface area contributed by atoms with Gasteiger partial charge in [0.05, 0.1) is 14.8 Å². The monoisotopic (exact) mass is 299 g/mol. The highest BCUT2D eigenvalue weighted by atomic mass is 127. The van der Waals surface area contributed by atoms with E-state index in [1.54, 1.807) is 19.5 Å². The highest BCUT2D eigenvalue weighted by Crippen LogP contribution is 2.26. The Balaban J connectivity index is 2.78. The lowest BCUT2D eigenvalue weighted by molar-refractivity contribution is 0.0502. The van der Waals surface area contributed by atoms with Crippen molar-refractivity contribution >= 4 is 34.2 Å². The third-order valence-corrected chi connectivity index (χ3v) is 2.86. The van der Waals surface area contributed by atoms with Gasteiger partial charge in [-0.2, -0.15) is 0 Å². The molecule has 0 spiro atoms. The van der Waals surface area contributed by atoms with Gasteiger partial charge in [-0.25, -0.2) is 0 Å². The molecule has 0 aliphatic carbocycles. The smallest absolute Gasteiger partial charge is 0.188 e. The molecule has 66 valence electrons. The maximum atomic E-state index is 5.80. The van der Waals surface area contributed by atoms with Gasteiger partial charge in [0, 0.05) is 13.3 Å². The second kappa shape index (κ2) is 4.84. The molecule has 0 N–H and O–H groups in total. The third-order valence-electron chi connectivity index (χ3n) is 1.14. The number of hydrogen-bond acceptors (Lipinski definition) is 3. The SMILES string of the molecule is COCOc1cncc(Cl)c1I. The summed E-state index contributed by atoms with van der Waals surface area (Å²) in [5, 5.41) is 0.587. The summed E-state index contributed by atoms with van der Waals surface area (Å²) < 4.78 is 10.8. The topological polar surface area (TPSA) is 31.4 Å². The average Bonchev–Trinajstić information content (AvgIpc) is 2.08. The van der Waals surface area contributed by atoms with Gasteiger partial charge in [-0.15, -0.1) is 0 Å². The van der Waals surface area contributed by atoms with Crippen LogP contribution in [0.3, 0.4) is 0 Å². The van der Waals surface area contributed by atoms with E-state index in [0.29, 0.717) is 10.8 Å². The van der Waals surface area contributed by atoms with Crippen molar-refractivity contribution in [3.63, 3.8) is 0 Å². The second-order valence-corrected chi connectivity index (χ2v) is 3.47. The fourth-order valence-electron chi connectivity index (χ4n) is 0.624. The zero-order valence-corrected chi connectivity index (χ0v) is 9.29. The number of aromatic nitrogens is 1. The number of methoxy groups -OCH3 is 1. The maximum absolute atomic E-state index is 5.80. The van der Waals surface area contributed by atoms with E-state index in [0.717, 1.165) is 3.57 Å². The summed E-state index contributed by atoms with van der Waals surface area (Å²) in [6.45, 7) is 0.206. The van der Waals surface area contributed by atoms with Crippen molar-refractivity contribution in [3.8, 4) is 5.75 Å². The van der Waals surface area contributed by atoms with Crippen LogP contribution in [0, 0.1) is 3.57 Å². The minimum atomic E-state index is 0.206. The normalized spacial score (nSPS) is 9.92. The van der Waals surface area contributed by atoms with Gasteiger partial charge in [-0.1, -0.05) is 11.6 Å². The largest absolute Gasteiger partial charge is 0.465 e. The van der Waals surface area contributed by atoms with E-state index >= 15 is 0 Å². The van der Waals surface area contributed by atoms with Crippen molar-refractivity contribution < 1.29 is 9.47 Å².